The van der Waals surface area contributed by atoms with Crippen LogP contribution in [0, 0.1) is 12.7 Å². The van der Waals surface area contributed by atoms with Crippen LogP contribution in [0.15, 0.2) is 47.6 Å². The van der Waals surface area contributed by atoms with Crippen molar-refractivity contribution in [3.8, 4) is 5.75 Å². The lowest BCUT2D eigenvalue weighted by molar-refractivity contribution is -0.120. The molecule has 0 bridgehead atoms. The second-order valence-electron chi connectivity index (χ2n) is 4.61. The third-order valence-corrected chi connectivity index (χ3v) is 2.94. The Bertz CT molecular complexity index is 663. The lowest BCUT2D eigenvalue weighted by Crippen LogP contribution is -2.19. The second-order valence-corrected chi connectivity index (χ2v) is 4.61. The number of carbonyl (C=O) groups is 1. The molecule has 4 nitrogen and oxygen atoms in total. The second kappa shape index (κ2) is 6.65. The van der Waals surface area contributed by atoms with Gasteiger partial charge in [-0.2, -0.15) is 5.10 Å². The quantitative estimate of drug-likeness (QED) is 0.670. The molecule has 0 aliphatic carbocycles. The lowest BCUT2D eigenvalue weighted by Gasteiger charge is -2.03. The van der Waals surface area contributed by atoms with E-state index in [-0.39, 0.29) is 23.9 Å². The molecular weight excluding hydrogens is 271 g/mol. The summed E-state index contributed by atoms with van der Waals surface area (Å²) in [5.74, 6) is -0.642. The molecule has 2 aromatic rings. The minimum atomic E-state index is -0.381. The SMILES string of the molecule is Cc1cccc(O)c1/C=N/NC(=O)Cc1cccc(F)c1. The normalized spacial score (nSPS) is 10.8. The maximum Gasteiger partial charge on any atom is 0.244 e. The summed E-state index contributed by atoms with van der Waals surface area (Å²) >= 11 is 0. The Morgan fingerprint density at radius 1 is 1.33 bits per heavy atom. The van der Waals surface area contributed by atoms with Crippen LogP contribution in [-0.2, 0) is 11.2 Å². The molecule has 0 unspecified atom stereocenters. The van der Waals surface area contributed by atoms with E-state index in [2.05, 4.69) is 10.5 Å². The average Bonchev–Trinajstić information content (AvgIpc) is 2.42. The van der Waals surface area contributed by atoms with Crippen molar-refractivity contribution in [1.82, 2.24) is 5.43 Å². The molecule has 21 heavy (non-hydrogen) atoms. The Balaban J connectivity index is 1.96. The number of aromatic hydroxyl groups is 1. The van der Waals surface area contributed by atoms with Crippen LogP contribution in [-0.4, -0.2) is 17.2 Å². The Kier molecular flexibility index (Phi) is 4.66. The van der Waals surface area contributed by atoms with Crippen LogP contribution in [0.2, 0.25) is 0 Å². The zero-order valence-electron chi connectivity index (χ0n) is 11.5. The number of benzene rings is 2. The van der Waals surface area contributed by atoms with Crippen molar-refractivity contribution in [2.45, 2.75) is 13.3 Å². The Morgan fingerprint density at radius 2 is 2.10 bits per heavy atom. The van der Waals surface area contributed by atoms with Crippen molar-refractivity contribution < 1.29 is 14.3 Å². The first kappa shape index (κ1) is 14.7. The molecule has 0 saturated heterocycles. The van der Waals surface area contributed by atoms with E-state index in [1.54, 1.807) is 24.3 Å². The van der Waals surface area contributed by atoms with Gasteiger partial charge in [0.25, 0.3) is 0 Å². The van der Waals surface area contributed by atoms with Gasteiger partial charge in [0.15, 0.2) is 0 Å². The van der Waals surface area contributed by atoms with Crippen molar-refractivity contribution in [1.29, 1.82) is 0 Å². The van der Waals surface area contributed by atoms with Crippen LogP contribution in [0.4, 0.5) is 4.39 Å². The molecule has 0 heterocycles. The van der Waals surface area contributed by atoms with Crippen LogP contribution < -0.4 is 5.43 Å². The third-order valence-electron chi connectivity index (χ3n) is 2.94. The largest absolute Gasteiger partial charge is 0.507 e. The van der Waals surface area contributed by atoms with Gasteiger partial charge < -0.3 is 5.11 Å². The molecule has 108 valence electrons. The molecule has 0 aliphatic heterocycles. The van der Waals surface area contributed by atoms with Crippen LogP contribution in [0.1, 0.15) is 16.7 Å². The van der Waals surface area contributed by atoms with Crippen LogP contribution in [0.5, 0.6) is 5.75 Å². The van der Waals surface area contributed by atoms with E-state index in [9.17, 15) is 14.3 Å². The fraction of sp³-hybridized carbons (Fsp3) is 0.125. The monoisotopic (exact) mass is 286 g/mol. The summed E-state index contributed by atoms with van der Waals surface area (Å²) in [6, 6.07) is 10.9. The predicted octanol–water partition coefficient (Wildman–Crippen LogP) is 2.53. The van der Waals surface area contributed by atoms with Gasteiger partial charge in [-0.1, -0.05) is 24.3 Å². The minimum absolute atomic E-state index is 0.0366. The maximum atomic E-state index is 13.0. The molecule has 0 aliphatic rings. The summed E-state index contributed by atoms with van der Waals surface area (Å²) in [7, 11) is 0. The highest BCUT2D eigenvalue weighted by Gasteiger charge is 2.04. The first-order chi connectivity index (χ1) is 10.1. The Hall–Kier alpha value is -2.69. The van der Waals surface area contributed by atoms with E-state index < -0.39 is 0 Å². The summed E-state index contributed by atoms with van der Waals surface area (Å²) in [6.07, 6.45) is 1.42. The van der Waals surface area contributed by atoms with E-state index in [1.807, 2.05) is 13.0 Å². The minimum Gasteiger partial charge on any atom is -0.507 e. The molecule has 0 fully saturated rings. The van der Waals surface area contributed by atoms with Crippen molar-refractivity contribution in [3.05, 3.63) is 65.0 Å². The number of nitrogens with zero attached hydrogens (tertiary/aromatic N) is 1. The van der Waals surface area contributed by atoms with E-state index in [1.165, 1.54) is 18.3 Å². The van der Waals surface area contributed by atoms with Crippen molar-refractivity contribution >= 4 is 12.1 Å². The lowest BCUT2D eigenvalue weighted by atomic mass is 10.1. The number of nitrogens with one attached hydrogen (secondary N) is 1. The summed E-state index contributed by atoms with van der Waals surface area (Å²) < 4.78 is 13.0. The highest BCUT2D eigenvalue weighted by atomic mass is 19.1. The molecule has 1 amide bonds. The van der Waals surface area contributed by atoms with Gasteiger partial charge in [0.1, 0.15) is 11.6 Å². The van der Waals surface area contributed by atoms with Gasteiger partial charge in [-0.05, 0) is 36.2 Å². The van der Waals surface area contributed by atoms with E-state index in [4.69, 9.17) is 0 Å². The molecule has 0 radical (unpaired) electrons. The third kappa shape index (κ3) is 4.14. The summed E-state index contributed by atoms with van der Waals surface area (Å²) in [5.41, 5.74) is 4.31. The van der Waals surface area contributed by atoms with Gasteiger partial charge in [0.05, 0.1) is 12.6 Å². The van der Waals surface area contributed by atoms with Gasteiger partial charge in [-0.25, -0.2) is 9.82 Å². The van der Waals surface area contributed by atoms with Crippen molar-refractivity contribution in [2.75, 3.05) is 0 Å². The number of phenols is 1. The maximum absolute atomic E-state index is 13.0. The first-order valence-corrected chi connectivity index (χ1v) is 6.41. The zero-order valence-corrected chi connectivity index (χ0v) is 11.5. The number of hydrogen-bond donors (Lipinski definition) is 2. The van der Waals surface area contributed by atoms with Gasteiger partial charge in [0.2, 0.25) is 5.91 Å². The number of amides is 1. The van der Waals surface area contributed by atoms with E-state index in [0.29, 0.717) is 11.1 Å². The van der Waals surface area contributed by atoms with Gasteiger partial charge in [0, 0.05) is 5.56 Å². The molecule has 0 aromatic heterocycles. The molecule has 2 N–H and O–H groups in total. The average molecular weight is 286 g/mol. The van der Waals surface area contributed by atoms with Gasteiger partial charge in [-0.3, -0.25) is 4.79 Å². The summed E-state index contributed by atoms with van der Waals surface area (Å²) in [6.45, 7) is 1.83. The van der Waals surface area contributed by atoms with Crippen molar-refractivity contribution in [2.24, 2.45) is 5.10 Å². The standard InChI is InChI=1S/C16H15FN2O2/c1-11-4-2-7-15(20)14(11)10-18-19-16(21)9-12-5-3-6-13(17)8-12/h2-8,10,20H,9H2,1H3,(H,19,21)/b18-10+. The van der Waals surface area contributed by atoms with E-state index >= 15 is 0 Å². The van der Waals surface area contributed by atoms with Crippen LogP contribution in [0.3, 0.4) is 0 Å². The highest BCUT2D eigenvalue weighted by Crippen LogP contribution is 2.17. The molecular formula is C16H15FN2O2. The molecule has 0 saturated carbocycles. The van der Waals surface area contributed by atoms with Gasteiger partial charge >= 0.3 is 0 Å². The fourth-order valence-electron chi connectivity index (χ4n) is 1.87. The Morgan fingerprint density at radius 3 is 2.81 bits per heavy atom. The predicted molar refractivity (Wildman–Crippen MR) is 78.7 cm³/mol. The number of carbonyl (C=O) groups excluding carboxylic acids is 1. The fourth-order valence-corrected chi connectivity index (χ4v) is 1.87. The smallest absolute Gasteiger partial charge is 0.244 e. The molecule has 2 rings (SSSR count). The number of phenolic OH excluding ortho intramolecular Hbond substituents is 1. The zero-order chi connectivity index (χ0) is 15.2. The molecule has 5 heteroatoms. The Labute approximate surface area is 121 Å². The first-order valence-electron chi connectivity index (χ1n) is 6.41. The van der Waals surface area contributed by atoms with Crippen LogP contribution >= 0.6 is 0 Å². The van der Waals surface area contributed by atoms with Gasteiger partial charge in [-0.15, -0.1) is 0 Å². The molecule has 0 spiro atoms. The topological polar surface area (TPSA) is 61.7 Å². The molecule has 2 aromatic carbocycles. The number of rotatable bonds is 4. The van der Waals surface area contributed by atoms with E-state index in [0.717, 1.165) is 5.56 Å². The summed E-state index contributed by atoms with van der Waals surface area (Å²) in [4.78, 5) is 11.7. The summed E-state index contributed by atoms with van der Waals surface area (Å²) in [5, 5.41) is 13.5. The molecule has 0 atom stereocenters. The number of hydrogen-bond acceptors (Lipinski definition) is 3. The van der Waals surface area contributed by atoms with Crippen LogP contribution in [0.25, 0.3) is 0 Å². The number of aryl methyl sites for hydroxylation is 1. The number of hydrazone groups is 1. The van der Waals surface area contributed by atoms with Crippen molar-refractivity contribution in [3.63, 3.8) is 0 Å². The number of halogens is 1. The highest BCUT2D eigenvalue weighted by molar-refractivity contribution is 5.87.